The summed E-state index contributed by atoms with van der Waals surface area (Å²) in [5.74, 6) is 0.977. The predicted octanol–water partition coefficient (Wildman–Crippen LogP) is 1.29. The maximum Gasteiger partial charge on any atom is 0.292 e. The Bertz CT molecular complexity index is 526. The van der Waals surface area contributed by atoms with E-state index in [1.807, 2.05) is 12.3 Å². The third-order valence-electron chi connectivity index (χ3n) is 3.10. The van der Waals surface area contributed by atoms with Crippen LogP contribution in [0.5, 0.6) is 5.75 Å². The molecule has 0 amide bonds. The summed E-state index contributed by atoms with van der Waals surface area (Å²) in [5.41, 5.74) is 4.99. The van der Waals surface area contributed by atoms with E-state index in [1.165, 1.54) is 16.8 Å². The topological polar surface area (TPSA) is 26.0 Å². The van der Waals surface area contributed by atoms with Crippen LogP contribution < -0.4 is 9.30 Å². The van der Waals surface area contributed by atoms with E-state index in [2.05, 4.69) is 27.9 Å². The lowest BCUT2D eigenvalue weighted by Gasteiger charge is -2.13. The first-order chi connectivity index (χ1) is 7.43. The molecule has 0 fully saturated rings. The van der Waals surface area contributed by atoms with Crippen molar-refractivity contribution in [3.05, 3.63) is 41.9 Å². The van der Waals surface area contributed by atoms with Crippen molar-refractivity contribution in [3.8, 4) is 17.0 Å². The summed E-state index contributed by atoms with van der Waals surface area (Å²) in [6.07, 6.45) is 4.82. The van der Waals surface area contributed by atoms with Crippen molar-refractivity contribution in [2.75, 3.05) is 0 Å². The minimum absolute atomic E-state index is 0.611. The van der Waals surface area contributed by atoms with Gasteiger partial charge in [0, 0.05) is 24.2 Å². The van der Waals surface area contributed by atoms with E-state index in [0.29, 0.717) is 6.73 Å². The van der Waals surface area contributed by atoms with Crippen LogP contribution in [0.25, 0.3) is 11.3 Å². The van der Waals surface area contributed by atoms with Crippen LogP contribution in [0.3, 0.4) is 0 Å². The number of pyridine rings is 2. The molecule has 0 aromatic carbocycles. The Morgan fingerprint density at radius 3 is 3.33 bits per heavy atom. The van der Waals surface area contributed by atoms with Gasteiger partial charge in [-0.2, -0.15) is 4.57 Å². The molecule has 0 N–H and O–H groups in total. The molecule has 2 aromatic rings. The fraction of sp³-hybridized carbons (Fsp3) is 0.167. The maximum atomic E-state index is 5.69. The van der Waals surface area contributed by atoms with E-state index in [1.54, 1.807) is 0 Å². The van der Waals surface area contributed by atoms with Gasteiger partial charge in [-0.15, -0.1) is 0 Å². The number of rotatable bonds is 0. The summed E-state index contributed by atoms with van der Waals surface area (Å²) in [5, 5.41) is 0. The predicted molar refractivity (Wildman–Crippen MR) is 53.3 cm³/mol. The number of hydrogen-bond donors (Lipinski definition) is 0. The molecule has 0 bridgehead atoms. The summed E-state index contributed by atoms with van der Waals surface area (Å²) in [6.45, 7) is 0.611. The van der Waals surface area contributed by atoms with E-state index in [-0.39, 0.29) is 0 Å². The molecule has 2 aromatic heterocycles. The van der Waals surface area contributed by atoms with Crippen molar-refractivity contribution < 1.29 is 9.30 Å². The maximum absolute atomic E-state index is 5.69. The monoisotopic (exact) mass is 197 g/mol. The van der Waals surface area contributed by atoms with E-state index >= 15 is 0 Å². The molecule has 4 rings (SSSR count). The molecule has 0 saturated heterocycles. The zero-order valence-electron chi connectivity index (χ0n) is 8.10. The van der Waals surface area contributed by atoms with Crippen LogP contribution in [-0.4, -0.2) is 4.98 Å². The van der Waals surface area contributed by atoms with Crippen molar-refractivity contribution in [3.63, 3.8) is 0 Å². The van der Waals surface area contributed by atoms with E-state index in [4.69, 9.17) is 4.74 Å². The van der Waals surface area contributed by atoms with E-state index in [9.17, 15) is 0 Å². The zero-order valence-corrected chi connectivity index (χ0v) is 8.10. The summed E-state index contributed by atoms with van der Waals surface area (Å²) in [6, 6.07) is 6.19. The van der Waals surface area contributed by atoms with Crippen LogP contribution in [0.4, 0.5) is 0 Å². The molecule has 1 aliphatic heterocycles. The zero-order chi connectivity index (χ0) is 9.83. The Kier molecular flexibility index (Phi) is 1.17. The highest BCUT2D eigenvalue weighted by atomic mass is 16.5. The Morgan fingerprint density at radius 2 is 2.33 bits per heavy atom. The molecule has 3 heterocycles. The van der Waals surface area contributed by atoms with Crippen LogP contribution in [0.1, 0.15) is 11.3 Å². The molecule has 0 atom stereocenters. The SMILES string of the molecule is c1cc2c3[n+](c1)COc1ccnc(c1-3)C2. The highest BCUT2D eigenvalue weighted by Gasteiger charge is 2.35. The van der Waals surface area contributed by atoms with Gasteiger partial charge < -0.3 is 4.74 Å². The first-order valence-corrected chi connectivity index (χ1v) is 5.06. The highest BCUT2D eigenvalue weighted by molar-refractivity contribution is 5.75. The third kappa shape index (κ3) is 0.807. The lowest BCUT2D eigenvalue weighted by atomic mass is 10.1. The van der Waals surface area contributed by atoms with Gasteiger partial charge >= 0.3 is 0 Å². The number of ether oxygens (including phenoxy) is 1. The van der Waals surface area contributed by atoms with Gasteiger partial charge in [0.15, 0.2) is 6.20 Å². The summed E-state index contributed by atoms with van der Waals surface area (Å²) >= 11 is 0. The molecule has 0 spiro atoms. The van der Waals surface area contributed by atoms with Gasteiger partial charge in [-0.3, -0.25) is 4.98 Å². The molecule has 0 saturated carbocycles. The van der Waals surface area contributed by atoms with E-state index in [0.717, 1.165) is 17.9 Å². The van der Waals surface area contributed by atoms with Gasteiger partial charge in [-0.1, -0.05) is 0 Å². The normalized spacial score (nSPS) is 14.7. The first-order valence-electron chi connectivity index (χ1n) is 5.06. The molecular weight excluding hydrogens is 188 g/mol. The minimum atomic E-state index is 0.611. The molecule has 0 radical (unpaired) electrons. The van der Waals surface area contributed by atoms with Crippen molar-refractivity contribution in [2.24, 2.45) is 0 Å². The Morgan fingerprint density at radius 1 is 1.33 bits per heavy atom. The standard InChI is InChI=1S/C12H9N2O/c1-2-8-6-9-11-10(3-4-13-9)15-7-14(5-1)12(8)11/h1-5H,6-7H2/q+1. The van der Waals surface area contributed by atoms with Crippen LogP contribution in [-0.2, 0) is 13.2 Å². The number of aromatic nitrogens is 2. The van der Waals surface area contributed by atoms with Gasteiger partial charge in [0.1, 0.15) is 11.3 Å². The second kappa shape index (κ2) is 2.37. The number of hydrogen-bond acceptors (Lipinski definition) is 2. The van der Waals surface area contributed by atoms with Crippen LogP contribution in [0, 0.1) is 0 Å². The van der Waals surface area contributed by atoms with Gasteiger partial charge in [-0.05, 0) is 12.1 Å². The van der Waals surface area contributed by atoms with E-state index < -0.39 is 0 Å². The first kappa shape index (κ1) is 7.40. The highest BCUT2D eigenvalue weighted by Crippen LogP contribution is 2.40. The van der Waals surface area contributed by atoms with Crippen molar-refractivity contribution >= 4 is 0 Å². The summed E-state index contributed by atoms with van der Waals surface area (Å²) < 4.78 is 7.84. The fourth-order valence-electron chi connectivity index (χ4n) is 2.47. The molecule has 15 heavy (non-hydrogen) atoms. The lowest BCUT2D eigenvalue weighted by Crippen LogP contribution is -2.41. The largest absolute Gasteiger partial charge is 0.435 e. The van der Waals surface area contributed by atoms with Crippen molar-refractivity contribution in [2.45, 2.75) is 13.2 Å². The summed E-state index contributed by atoms with van der Waals surface area (Å²) in [7, 11) is 0. The molecule has 0 unspecified atom stereocenters. The molecule has 1 aliphatic carbocycles. The second-order valence-electron chi connectivity index (χ2n) is 3.93. The Balaban J connectivity index is 2.18. The van der Waals surface area contributed by atoms with Gasteiger partial charge in [0.25, 0.3) is 6.73 Å². The van der Waals surface area contributed by atoms with Crippen molar-refractivity contribution in [1.29, 1.82) is 0 Å². The average Bonchev–Trinajstić information content (AvgIpc) is 2.66. The number of nitrogens with zero attached hydrogens (tertiary/aromatic N) is 2. The smallest absolute Gasteiger partial charge is 0.292 e. The molecule has 3 heteroatoms. The molecule has 72 valence electrons. The molecular formula is C12H9N2O+. The summed E-state index contributed by atoms with van der Waals surface area (Å²) in [4.78, 5) is 4.42. The Labute approximate surface area is 87.0 Å². The quantitative estimate of drug-likeness (QED) is 0.507. The fourth-order valence-corrected chi connectivity index (χ4v) is 2.47. The minimum Gasteiger partial charge on any atom is -0.435 e. The second-order valence-corrected chi connectivity index (χ2v) is 3.93. The van der Waals surface area contributed by atoms with Crippen LogP contribution in [0.15, 0.2) is 30.6 Å². The van der Waals surface area contributed by atoms with Crippen molar-refractivity contribution in [1.82, 2.24) is 4.98 Å². The lowest BCUT2D eigenvalue weighted by molar-refractivity contribution is -0.717. The Hall–Kier alpha value is -1.90. The third-order valence-corrected chi connectivity index (χ3v) is 3.10. The van der Waals surface area contributed by atoms with Gasteiger partial charge in [0.05, 0.1) is 5.69 Å². The molecule has 3 nitrogen and oxygen atoms in total. The average molecular weight is 197 g/mol. The van der Waals surface area contributed by atoms with Gasteiger partial charge in [-0.25, -0.2) is 0 Å². The van der Waals surface area contributed by atoms with Gasteiger partial charge in [0.2, 0.25) is 5.69 Å². The van der Waals surface area contributed by atoms with Crippen LogP contribution >= 0.6 is 0 Å². The van der Waals surface area contributed by atoms with Crippen LogP contribution in [0.2, 0.25) is 0 Å². The molecule has 2 aliphatic rings.